The lowest BCUT2D eigenvalue weighted by Gasteiger charge is -2.19. The summed E-state index contributed by atoms with van der Waals surface area (Å²) in [5, 5.41) is 19.5. The molecule has 0 aliphatic rings. The van der Waals surface area contributed by atoms with Crippen LogP contribution in [0.3, 0.4) is 0 Å². The van der Waals surface area contributed by atoms with Crippen molar-refractivity contribution in [3.8, 4) is 0 Å². The van der Waals surface area contributed by atoms with E-state index in [9.17, 15) is 10.2 Å². The van der Waals surface area contributed by atoms with Crippen molar-refractivity contribution < 1.29 is 10.2 Å². The molecule has 0 amide bonds. The van der Waals surface area contributed by atoms with Crippen LogP contribution in [0.15, 0.2) is 22.7 Å². The van der Waals surface area contributed by atoms with Gasteiger partial charge in [0.05, 0.1) is 6.10 Å². The molecule has 84 valence electrons. The average molecular weight is 274 g/mol. The third-order valence-corrected chi connectivity index (χ3v) is 3.02. The van der Waals surface area contributed by atoms with E-state index in [1.165, 1.54) is 0 Å². The minimum absolute atomic E-state index is 0.363. The van der Waals surface area contributed by atoms with Crippen LogP contribution < -0.4 is 5.73 Å². The van der Waals surface area contributed by atoms with Crippen LogP contribution in [0.1, 0.15) is 23.7 Å². The summed E-state index contributed by atoms with van der Waals surface area (Å²) in [6, 6.07) is 5.66. The lowest BCUT2D eigenvalue weighted by molar-refractivity contribution is 0.0146. The Morgan fingerprint density at radius 2 is 2.07 bits per heavy atom. The van der Waals surface area contributed by atoms with Gasteiger partial charge in [0, 0.05) is 4.47 Å². The highest BCUT2D eigenvalue weighted by molar-refractivity contribution is 9.10. The molecular formula is C11H16BrNO2. The third kappa shape index (κ3) is 3.28. The first kappa shape index (κ1) is 12.6. The lowest BCUT2D eigenvalue weighted by Crippen LogP contribution is -2.22. The fourth-order valence-electron chi connectivity index (χ4n) is 1.43. The summed E-state index contributed by atoms with van der Waals surface area (Å²) in [6.45, 7) is 2.31. The molecule has 0 fully saturated rings. The summed E-state index contributed by atoms with van der Waals surface area (Å²) in [6.07, 6.45) is -1.31. The van der Waals surface area contributed by atoms with Crippen LogP contribution in [-0.2, 0) is 0 Å². The molecule has 4 heteroatoms. The Balaban J connectivity index is 2.89. The van der Waals surface area contributed by atoms with Crippen LogP contribution in [0, 0.1) is 6.92 Å². The first-order valence-corrected chi connectivity index (χ1v) is 5.67. The standard InChI is InChI=1S/C11H16BrNO2/c1-7-2-3-9(12)8(6-7)11(15)10(14)4-5-13/h2-3,6,10-11,14-15H,4-5,13H2,1H3. The normalized spacial score (nSPS) is 15.0. The van der Waals surface area contributed by atoms with Gasteiger partial charge in [0.1, 0.15) is 6.10 Å². The van der Waals surface area contributed by atoms with Crippen LogP contribution in [0.2, 0.25) is 0 Å². The monoisotopic (exact) mass is 273 g/mol. The van der Waals surface area contributed by atoms with Gasteiger partial charge in [0.25, 0.3) is 0 Å². The van der Waals surface area contributed by atoms with Crippen molar-refractivity contribution in [3.63, 3.8) is 0 Å². The smallest absolute Gasteiger partial charge is 0.106 e. The fourth-order valence-corrected chi connectivity index (χ4v) is 1.91. The van der Waals surface area contributed by atoms with E-state index in [4.69, 9.17) is 5.73 Å². The molecule has 0 heterocycles. The highest BCUT2D eigenvalue weighted by Crippen LogP contribution is 2.27. The topological polar surface area (TPSA) is 66.5 Å². The van der Waals surface area contributed by atoms with Gasteiger partial charge in [0.2, 0.25) is 0 Å². The van der Waals surface area contributed by atoms with Crippen molar-refractivity contribution in [1.82, 2.24) is 0 Å². The highest BCUT2D eigenvalue weighted by Gasteiger charge is 2.19. The van der Waals surface area contributed by atoms with Crippen molar-refractivity contribution in [2.45, 2.75) is 25.6 Å². The van der Waals surface area contributed by atoms with Crippen molar-refractivity contribution >= 4 is 15.9 Å². The zero-order chi connectivity index (χ0) is 11.4. The van der Waals surface area contributed by atoms with E-state index < -0.39 is 12.2 Å². The summed E-state index contributed by atoms with van der Waals surface area (Å²) >= 11 is 3.35. The molecule has 0 aromatic heterocycles. The van der Waals surface area contributed by atoms with Gasteiger partial charge in [-0.15, -0.1) is 0 Å². The number of hydrogen-bond acceptors (Lipinski definition) is 3. The van der Waals surface area contributed by atoms with Crippen molar-refractivity contribution in [2.24, 2.45) is 5.73 Å². The number of aryl methyl sites for hydroxylation is 1. The molecule has 0 saturated heterocycles. The molecule has 1 aromatic rings. The molecule has 1 aromatic carbocycles. The molecule has 15 heavy (non-hydrogen) atoms. The molecule has 0 spiro atoms. The molecule has 0 radical (unpaired) electrons. The second kappa shape index (κ2) is 5.61. The van der Waals surface area contributed by atoms with E-state index in [1.54, 1.807) is 0 Å². The van der Waals surface area contributed by atoms with Crippen LogP contribution >= 0.6 is 15.9 Å². The van der Waals surface area contributed by atoms with Crippen LogP contribution in [0.5, 0.6) is 0 Å². The van der Waals surface area contributed by atoms with Gasteiger partial charge in [-0.05, 0) is 31.5 Å². The zero-order valence-corrected chi connectivity index (χ0v) is 10.2. The molecule has 2 atom stereocenters. The van der Waals surface area contributed by atoms with E-state index in [0.29, 0.717) is 18.5 Å². The molecule has 0 bridgehead atoms. The summed E-state index contributed by atoms with van der Waals surface area (Å²) < 4.78 is 0.802. The number of benzene rings is 1. The van der Waals surface area contributed by atoms with E-state index in [0.717, 1.165) is 10.0 Å². The molecule has 0 saturated carbocycles. The maximum Gasteiger partial charge on any atom is 0.106 e. The maximum atomic E-state index is 9.89. The number of aliphatic hydroxyl groups is 2. The lowest BCUT2D eigenvalue weighted by atomic mass is 10.0. The summed E-state index contributed by atoms with van der Waals surface area (Å²) in [5.74, 6) is 0. The van der Waals surface area contributed by atoms with Gasteiger partial charge >= 0.3 is 0 Å². The largest absolute Gasteiger partial charge is 0.390 e. The second-order valence-electron chi connectivity index (χ2n) is 3.61. The molecule has 1 rings (SSSR count). The van der Waals surface area contributed by atoms with Crippen molar-refractivity contribution in [1.29, 1.82) is 0 Å². The number of aliphatic hydroxyl groups excluding tert-OH is 2. The Hall–Kier alpha value is -0.420. The van der Waals surface area contributed by atoms with Crippen LogP contribution in [-0.4, -0.2) is 22.9 Å². The van der Waals surface area contributed by atoms with Gasteiger partial charge in [-0.3, -0.25) is 0 Å². The van der Waals surface area contributed by atoms with E-state index in [2.05, 4.69) is 15.9 Å². The maximum absolute atomic E-state index is 9.89. The van der Waals surface area contributed by atoms with Gasteiger partial charge in [-0.2, -0.15) is 0 Å². The van der Waals surface area contributed by atoms with Gasteiger partial charge in [-0.25, -0.2) is 0 Å². The van der Waals surface area contributed by atoms with Crippen molar-refractivity contribution in [3.05, 3.63) is 33.8 Å². The van der Waals surface area contributed by atoms with Crippen LogP contribution in [0.25, 0.3) is 0 Å². The quantitative estimate of drug-likeness (QED) is 0.779. The molecule has 4 N–H and O–H groups in total. The first-order valence-electron chi connectivity index (χ1n) is 4.88. The van der Waals surface area contributed by atoms with Crippen LogP contribution in [0.4, 0.5) is 0 Å². The number of hydrogen-bond donors (Lipinski definition) is 3. The average Bonchev–Trinajstić information content (AvgIpc) is 2.21. The van der Waals surface area contributed by atoms with Gasteiger partial charge < -0.3 is 15.9 Å². The van der Waals surface area contributed by atoms with E-state index >= 15 is 0 Å². The van der Waals surface area contributed by atoms with Gasteiger partial charge in [0.15, 0.2) is 0 Å². The molecule has 3 nitrogen and oxygen atoms in total. The predicted molar refractivity (Wildman–Crippen MR) is 63.5 cm³/mol. The minimum atomic E-state index is -0.886. The molecule has 0 aliphatic heterocycles. The van der Waals surface area contributed by atoms with Crippen molar-refractivity contribution in [2.75, 3.05) is 6.54 Å². The third-order valence-electron chi connectivity index (χ3n) is 2.30. The van der Waals surface area contributed by atoms with E-state index in [-0.39, 0.29) is 0 Å². The number of halogens is 1. The molecule has 0 aliphatic carbocycles. The predicted octanol–water partition coefficient (Wildman–Crippen LogP) is 1.50. The number of rotatable bonds is 4. The Morgan fingerprint density at radius 3 is 2.67 bits per heavy atom. The number of nitrogens with two attached hydrogens (primary N) is 1. The fraction of sp³-hybridized carbons (Fsp3) is 0.455. The Bertz CT molecular complexity index is 330. The molecular weight excluding hydrogens is 258 g/mol. The SMILES string of the molecule is Cc1ccc(Br)c(C(O)C(O)CCN)c1. The zero-order valence-electron chi connectivity index (χ0n) is 8.65. The summed E-state index contributed by atoms with van der Waals surface area (Å²) in [4.78, 5) is 0. The Morgan fingerprint density at radius 1 is 1.40 bits per heavy atom. The summed E-state index contributed by atoms with van der Waals surface area (Å²) in [5.41, 5.74) is 7.08. The highest BCUT2D eigenvalue weighted by atomic mass is 79.9. The van der Waals surface area contributed by atoms with Gasteiger partial charge in [-0.1, -0.05) is 33.6 Å². The Labute approximate surface area is 98.1 Å². The van der Waals surface area contributed by atoms with E-state index in [1.807, 2.05) is 25.1 Å². The Kier molecular flexibility index (Phi) is 4.73. The molecule has 2 unspecified atom stereocenters. The summed E-state index contributed by atoms with van der Waals surface area (Å²) in [7, 11) is 0. The minimum Gasteiger partial charge on any atom is -0.390 e. The second-order valence-corrected chi connectivity index (χ2v) is 4.47. The first-order chi connectivity index (χ1) is 7.06.